The van der Waals surface area contributed by atoms with E-state index in [4.69, 9.17) is 14.5 Å². The summed E-state index contributed by atoms with van der Waals surface area (Å²) in [6, 6.07) is 19.6. The molecule has 1 aliphatic rings. The van der Waals surface area contributed by atoms with Crippen molar-refractivity contribution in [3.8, 4) is 22.9 Å². The molecule has 1 saturated carbocycles. The first-order chi connectivity index (χ1) is 22.3. The molecule has 3 aromatic carbocycles. The predicted octanol–water partition coefficient (Wildman–Crippen LogP) is 5.79. The van der Waals surface area contributed by atoms with E-state index in [9.17, 15) is 13.5 Å². The van der Waals surface area contributed by atoms with Gasteiger partial charge in [-0.05, 0) is 69.0 Å². The van der Waals surface area contributed by atoms with Crippen LogP contribution in [-0.4, -0.2) is 59.4 Å². The lowest BCUT2D eigenvalue weighted by molar-refractivity contribution is 0.126. The second-order valence-corrected chi connectivity index (χ2v) is 12.8. The molecule has 2 heterocycles. The summed E-state index contributed by atoms with van der Waals surface area (Å²) in [7, 11) is -0.891. The minimum absolute atomic E-state index is 0.0850. The summed E-state index contributed by atoms with van der Waals surface area (Å²) in [6.07, 6.45) is 4.67. The van der Waals surface area contributed by atoms with Gasteiger partial charge in [-0.3, -0.25) is 4.72 Å². The van der Waals surface area contributed by atoms with Crippen LogP contribution in [0.15, 0.2) is 78.0 Å². The van der Waals surface area contributed by atoms with Gasteiger partial charge in [0.1, 0.15) is 23.7 Å². The van der Waals surface area contributed by atoms with E-state index in [1.54, 1.807) is 30.3 Å². The fraction of sp³-hybridized carbons (Fsp3) is 0.303. The number of nitrogens with one attached hydrogen (secondary N) is 3. The Labute approximate surface area is 267 Å². The van der Waals surface area contributed by atoms with Crippen molar-refractivity contribution in [1.82, 2.24) is 19.5 Å². The molecule has 5 aromatic rings. The van der Waals surface area contributed by atoms with Gasteiger partial charge in [0.15, 0.2) is 17.0 Å². The van der Waals surface area contributed by atoms with Gasteiger partial charge >= 0.3 is 0 Å². The van der Waals surface area contributed by atoms with Gasteiger partial charge < -0.3 is 29.8 Å². The van der Waals surface area contributed by atoms with E-state index in [0.717, 1.165) is 42.8 Å². The number of fused-ring (bicyclic) bond motifs is 1. The molecule has 1 fully saturated rings. The number of aliphatic hydroxyl groups excluding tert-OH is 1. The number of para-hydroxylation sites is 1. The van der Waals surface area contributed by atoms with Crippen LogP contribution in [0.4, 0.5) is 22.9 Å². The summed E-state index contributed by atoms with van der Waals surface area (Å²) in [4.78, 5) is 14.1. The van der Waals surface area contributed by atoms with Gasteiger partial charge in [-0.2, -0.15) is 0 Å². The van der Waals surface area contributed by atoms with Gasteiger partial charge in [0.25, 0.3) is 10.0 Å². The molecule has 4 N–H and O–H groups in total. The molecule has 0 spiro atoms. The van der Waals surface area contributed by atoms with Gasteiger partial charge in [-0.15, -0.1) is 0 Å². The smallest absolute Gasteiger partial charge is 0.261 e. The molecule has 0 radical (unpaired) electrons. The topological polar surface area (TPSA) is 153 Å². The maximum Gasteiger partial charge on any atom is 0.261 e. The third kappa shape index (κ3) is 6.56. The quantitative estimate of drug-likeness (QED) is 0.139. The number of methoxy groups -OCH3 is 2. The first-order valence-electron chi connectivity index (χ1n) is 15.2. The first-order valence-corrected chi connectivity index (χ1v) is 16.6. The summed E-state index contributed by atoms with van der Waals surface area (Å²) in [6.45, 7) is 2.69. The fourth-order valence-electron chi connectivity index (χ4n) is 5.71. The maximum atomic E-state index is 13.2. The van der Waals surface area contributed by atoms with Gasteiger partial charge in [0, 0.05) is 47.7 Å². The number of hydrogen-bond donors (Lipinski definition) is 4. The minimum Gasteiger partial charge on any atom is -0.497 e. The molecule has 46 heavy (non-hydrogen) atoms. The van der Waals surface area contributed by atoms with Crippen molar-refractivity contribution >= 4 is 44.1 Å². The van der Waals surface area contributed by atoms with E-state index in [-0.39, 0.29) is 17.0 Å². The zero-order valence-electron chi connectivity index (χ0n) is 25.9. The Morgan fingerprint density at radius 2 is 1.61 bits per heavy atom. The molecule has 0 bridgehead atoms. The summed E-state index contributed by atoms with van der Waals surface area (Å²) in [5.74, 6) is 2.20. The standard InChI is InChI=1S/C33H37N7O5S/c1-4-40-32(28-7-5-6-8-29(28)36-21-9-13-24(41)14-10-21)38-30-31(34-20-35-33(30)40)37-22-11-15-27(16-12-22)46(42,43)39-23-17-25(44-2)19-26(18-23)45-3/h5-8,11-12,15-21,24,36,39,41H,4,9-10,13-14H2,1-3H3,(H,34,35,37)/t21-,24-. The summed E-state index contributed by atoms with van der Waals surface area (Å²) < 4.78 is 41.5. The van der Waals surface area contributed by atoms with Crippen LogP contribution in [0, 0.1) is 0 Å². The second-order valence-electron chi connectivity index (χ2n) is 11.1. The van der Waals surface area contributed by atoms with E-state index < -0.39 is 10.0 Å². The number of benzene rings is 3. The number of sulfonamides is 1. The minimum atomic E-state index is -3.89. The molecule has 0 saturated heterocycles. The fourth-order valence-corrected chi connectivity index (χ4v) is 6.75. The highest BCUT2D eigenvalue weighted by atomic mass is 32.2. The Kier molecular flexibility index (Phi) is 8.95. The average Bonchev–Trinajstić information content (AvgIpc) is 3.45. The monoisotopic (exact) mass is 643 g/mol. The Hall–Kier alpha value is -4.88. The number of aliphatic hydroxyl groups is 1. The molecule has 0 atom stereocenters. The molecule has 2 aromatic heterocycles. The van der Waals surface area contributed by atoms with Crippen LogP contribution in [0.2, 0.25) is 0 Å². The van der Waals surface area contributed by atoms with Gasteiger partial charge in [0.05, 0.1) is 30.9 Å². The van der Waals surface area contributed by atoms with Crippen LogP contribution in [0.3, 0.4) is 0 Å². The molecule has 6 rings (SSSR count). The third-order valence-corrected chi connectivity index (χ3v) is 9.50. The van der Waals surface area contributed by atoms with E-state index in [1.165, 1.54) is 32.7 Å². The lowest BCUT2D eigenvalue weighted by atomic mass is 9.93. The van der Waals surface area contributed by atoms with E-state index in [1.807, 2.05) is 25.1 Å². The normalized spacial score (nSPS) is 16.6. The SMILES string of the molecule is CCn1c(-c2ccccc2N[C@H]2CC[C@H](O)CC2)nc2c(Nc3ccc(S(=O)(=O)Nc4cc(OC)cc(OC)c4)cc3)ncnc21. The highest BCUT2D eigenvalue weighted by molar-refractivity contribution is 7.92. The summed E-state index contributed by atoms with van der Waals surface area (Å²) >= 11 is 0. The maximum absolute atomic E-state index is 13.2. The molecule has 0 aliphatic heterocycles. The van der Waals surface area contributed by atoms with Gasteiger partial charge in [-0.1, -0.05) is 12.1 Å². The number of rotatable bonds is 11. The number of aromatic nitrogens is 4. The van der Waals surface area contributed by atoms with Crippen molar-refractivity contribution in [2.24, 2.45) is 0 Å². The molecular weight excluding hydrogens is 606 g/mol. The third-order valence-electron chi connectivity index (χ3n) is 8.10. The number of hydrogen-bond acceptors (Lipinski definition) is 10. The molecule has 0 amide bonds. The molecule has 0 unspecified atom stereocenters. The highest BCUT2D eigenvalue weighted by Crippen LogP contribution is 2.34. The van der Waals surface area contributed by atoms with Gasteiger partial charge in [0.2, 0.25) is 0 Å². The lowest BCUT2D eigenvalue weighted by Gasteiger charge is -2.27. The Morgan fingerprint density at radius 3 is 2.28 bits per heavy atom. The Bertz CT molecular complexity index is 1920. The molecule has 13 heteroatoms. The van der Waals surface area contributed by atoms with Crippen LogP contribution >= 0.6 is 0 Å². The zero-order chi connectivity index (χ0) is 32.3. The Morgan fingerprint density at radius 1 is 0.913 bits per heavy atom. The van der Waals surface area contributed by atoms with Crippen LogP contribution in [0.5, 0.6) is 11.5 Å². The van der Waals surface area contributed by atoms with Crippen molar-refractivity contribution in [3.05, 3.63) is 73.1 Å². The van der Waals surface area contributed by atoms with Crippen LogP contribution in [0.25, 0.3) is 22.6 Å². The second kappa shape index (κ2) is 13.2. The molecule has 240 valence electrons. The Balaban J connectivity index is 1.26. The largest absolute Gasteiger partial charge is 0.497 e. The number of nitrogens with zero attached hydrogens (tertiary/aromatic N) is 4. The van der Waals surface area contributed by atoms with E-state index >= 15 is 0 Å². The van der Waals surface area contributed by atoms with Crippen LogP contribution in [-0.2, 0) is 16.6 Å². The van der Waals surface area contributed by atoms with Crippen molar-refractivity contribution in [1.29, 1.82) is 0 Å². The first kappa shape index (κ1) is 31.1. The van der Waals surface area contributed by atoms with Crippen LogP contribution < -0.4 is 24.8 Å². The number of imidazole rings is 1. The molecule has 12 nitrogen and oxygen atoms in total. The molecule has 1 aliphatic carbocycles. The van der Waals surface area contributed by atoms with E-state index in [2.05, 4.69) is 36.0 Å². The highest BCUT2D eigenvalue weighted by Gasteiger charge is 2.23. The van der Waals surface area contributed by atoms with Crippen LogP contribution in [0.1, 0.15) is 32.6 Å². The van der Waals surface area contributed by atoms with Crippen molar-refractivity contribution in [3.63, 3.8) is 0 Å². The zero-order valence-corrected chi connectivity index (χ0v) is 26.7. The number of anilines is 4. The summed E-state index contributed by atoms with van der Waals surface area (Å²) in [5.41, 5.74) is 4.17. The summed E-state index contributed by atoms with van der Waals surface area (Å²) in [5, 5.41) is 16.9. The number of ether oxygens (including phenoxy) is 2. The number of aryl methyl sites for hydroxylation is 1. The van der Waals surface area contributed by atoms with Crippen molar-refractivity contribution in [2.75, 3.05) is 29.6 Å². The average molecular weight is 644 g/mol. The lowest BCUT2D eigenvalue weighted by Crippen LogP contribution is -2.28. The van der Waals surface area contributed by atoms with Gasteiger partial charge in [-0.25, -0.2) is 23.4 Å². The van der Waals surface area contributed by atoms with E-state index in [0.29, 0.717) is 46.4 Å². The van der Waals surface area contributed by atoms with Crippen molar-refractivity contribution < 1.29 is 23.0 Å². The van der Waals surface area contributed by atoms with Crippen molar-refractivity contribution in [2.45, 2.75) is 56.2 Å². The molecular formula is C33H37N7O5S. The predicted molar refractivity (Wildman–Crippen MR) is 178 cm³/mol.